The Labute approximate surface area is 375 Å². The van der Waals surface area contributed by atoms with Crippen LogP contribution in [0.2, 0.25) is 0 Å². The van der Waals surface area contributed by atoms with E-state index in [0.29, 0.717) is 29.9 Å². The molecule has 4 aromatic carbocycles. The Bertz CT molecular complexity index is 2630. The van der Waals surface area contributed by atoms with Crippen molar-refractivity contribution in [2.24, 2.45) is 0 Å². The normalized spacial score (nSPS) is 12.2. The van der Waals surface area contributed by atoms with E-state index in [2.05, 4.69) is 0 Å². The van der Waals surface area contributed by atoms with E-state index in [0.717, 1.165) is 27.8 Å². The van der Waals surface area contributed by atoms with Crippen molar-refractivity contribution in [3.63, 3.8) is 0 Å². The third-order valence-electron chi connectivity index (χ3n) is 9.95. The number of nitrogens with zero attached hydrogens (tertiary/aromatic N) is 4. The molecule has 18 nitrogen and oxygen atoms in total. The minimum Gasteiger partial charge on any atom is -0.327 e. The zero-order chi connectivity index (χ0) is 47.3. The number of hydrogen-bond donors (Lipinski definition) is 4. The molecule has 0 aromatic heterocycles. The number of urea groups is 2. The van der Waals surface area contributed by atoms with Gasteiger partial charge in [-0.1, -0.05) is 66.2 Å². The second-order valence-electron chi connectivity index (χ2n) is 15.3. The molecule has 0 saturated carbocycles. The molecule has 350 valence electrons. The lowest BCUT2D eigenvalue weighted by atomic mass is 10.0. The first-order valence-corrected chi connectivity index (χ1v) is 26.5. The molecule has 0 atom stereocenters. The van der Waals surface area contributed by atoms with E-state index < -0.39 is 75.5 Å². The van der Waals surface area contributed by atoms with Crippen LogP contribution in [0.25, 0.3) is 0 Å². The third kappa shape index (κ3) is 18.3. The van der Waals surface area contributed by atoms with E-state index in [4.69, 9.17) is 4.55 Å². The minimum atomic E-state index is -4.38. The molecule has 0 saturated heterocycles. The fraction of sp³-hybridized carbons (Fsp3) is 0.381. The van der Waals surface area contributed by atoms with Gasteiger partial charge < -0.3 is 4.90 Å². The molecule has 0 aliphatic carbocycles. The van der Waals surface area contributed by atoms with E-state index in [1.54, 1.807) is 60.7 Å². The van der Waals surface area contributed by atoms with Gasteiger partial charge in [-0.25, -0.2) is 9.59 Å². The Morgan fingerprint density at radius 3 is 0.938 bits per heavy atom. The molecule has 0 heterocycles. The van der Waals surface area contributed by atoms with Crippen molar-refractivity contribution >= 4 is 69.6 Å². The Balaban J connectivity index is 1.57. The van der Waals surface area contributed by atoms with Crippen LogP contribution >= 0.6 is 0 Å². The lowest BCUT2D eigenvalue weighted by Crippen LogP contribution is -2.45. The maximum atomic E-state index is 14.4. The minimum absolute atomic E-state index is 0.0286. The van der Waals surface area contributed by atoms with Gasteiger partial charge in [-0.2, -0.15) is 33.7 Å². The summed E-state index contributed by atoms with van der Waals surface area (Å²) in [5, 5.41) is 0. The first kappa shape index (κ1) is 51.7. The third-order valence-corrected chi connectivity index (χ3v) is 13.2. The highest BCUT2D eigenvalue weighted by molar-refractivity contribution is 7.86. The summed E-state index contributed by atoms with van der Waals surface area (Å²) in [7, 11) is -15.9. The number of hydrogen-bond acceptors (Lipinski definition) is 10. The van der Waals surface area contributed by atoms with Crippen LogP contribution in [-0.4, -0.2) is 125 Å². The molecule has 4 aromatic rings. The molecule has 0 bridgehead atoms. The van der Waals surface area contributed by atoms with Crippen LogP contribution in [0.5, 0.6) is 0 Å². The molecular formula is C42H54N4O14S4. The summed E-state index contributed by atoms with van der Waals surface area (Å²) < 4.78 is 129. The fourth-order valence-corrected chi connectivity index (χ4v) is 8.69. The van der Waals surface area contributed by atoms with Gasteiger partial charge in [0.2, 0.25) is 0 Å². The Kier molecular flexibility index (Phi) is 18.4. The van der Waals surface area contributed by atoms with Crippen molar-refractivity contribution in [1.82, 2.24) is 4.90 Å². The highest BCUT2D eigenvalue weighted by Crippen LogP contribution is 2.26. The van der Waals surface area contributed by atoms with E-state index in [9.17, 15) is 56.9 Å². The van der Waals surface area contributed by atoms with E-state index in [-0.39, 0.29) is 51.9 Å². The van der Waals surface area contributed by atoms with Gasteiger partial charge in [-0.05, 0) is 104 Å². The predicted octanol–water partition coefficient (Wildman–Crippen LogP) is 5.58. The van der Waals surface area contributed by atoms with Crippen molar-refractivity contribution in [3.8, 4) is 0 Å². The summed E-state index contributed by atoms with van der Waals surface area (Å²) in [6.45, 7) is 1.60. The Morgan fingerprint density at radius 2 is 0.656 bits per heavy atom. The summed E-state index contributed by atoms with van der Waals surface area (Å²) in [4.78, 5) is 33.0. The molecule has 4 amide bonds. The van der Waals surface area contributed by atoms with Gasteiger partial charge >= 0.3 is 12.1 Å². The lowest BCUT2D eigenvalue weighted by molar-refractivity contribution is 0.215. The Hall–Kier alpha value is -4.94. The smallest absolute Gasteiger partial charge is 0.327 e. The standard InChI is InChI=1S/C42H54N4O14S4/c1-33-7-9-34(10-8-33)31-35-13-19-39(20-14-35)45(25-5-29-63(55,56)57)42(48)46(26-6-30-64(58,59)60)40-21-15-37(16-22-40)32-36-11-17-38(18-12-36)44(24-4-28-62(52,53)54)41(47)43(2)23-3-27-61(49,50)51/h7-22H,3-6,23-32H2,1-2H3,(H,49,50,51)(H,52,53,54)(H,55,56,57)(H,58,59,60). The lowest BCUT2D eigenvalue weighted by Gasteiger charge is -2.31. The number of amides is 4. The van der Waals surface area contributed by atoms with Crippen LogP contribution in [-0.2, 0) is 53.3 Å². The number of benzene rings is 4. The molecule has 4 rings (SSSR count). The zero-order valence-electron chi connectivity index (χ0n) is 35.4. The van der Waals surface area contributed by atoms with Gasteiger partial charge in [0.15, 0.2) is 0 Å². The molecule has 0 spiro atoms. The summed E-state index contributed by atoms with van der Waals surface area (Å²) >= 11 is 0. The average molecular weight is 967 g/mol. The SMILES string of the molecule is Cc1ccc(Cc2ccc(N(CCCS(=O)(=O)O)C(=O)N(CCCS(=O)(=O)O)c3ccc(Cc4ccc(N(CCCS(=O)(=O)O)C(=O)N(C)CCCS(=O)(=O)O)cc4)cc3)cc2)cc1. The summed E-state index contributed by atoms with van der Waals surface area (Å²) in [6.07, 6.45) is 0.594. The van der Waals surface area contributed by atoms with Crippen molar-refractivity contribution in [3.05, 3.63) is 125 Å². The highest BCUT2D eigenvalue weighted by atomic mass is 32.2. The second kappa shape index (κ2) is 22.8. The topological polar surface area (TPSA) is 265 Å². The number of rotatable bonds is 23. The summed E-state index contributed by atoms with van der Waals surface area (Å²) in [5.74, 6) is -2.41. The molecule has 0 fully saturated rings. The molecule has 64 heavy (non-hydrogen) atoms. The molecular weight excluding hydrogens is 913 g/mol. The summed E-state index contributed by atoms with van der Waals surface area (Å²) in [5.41, 5.74) is 5.92. The largest absolute Gasteiger partial charge is 0.328 e. The van der Waals surface area contributed by atoms with Gasteiger partial charge in [-0.3, -0.25) is 32.9 Å². The van der Waals surface area contributed by atoms with Gasteiger partial charge in [0, 0.05) is 50.3 Å². The number of carbonyl (C=O) groups is 2. The molecule has 0 unspecified atom stereocenters. The first-order valence-electron chi connectivity index (χ1n) is 20.1. The van der Waals surface area contributed by atoms with Crippen molar-refractivity contribution in [2.45, 2.75) is 45.4 Å². The van der Waals surface area contributed by atoms with Crippen molar-refractivity contribution in [1.29, 1.82) is 0 Å². The van der Waals surface area contributed by atoms with Gasteiger partial charge in [0.1, 0.15) is 0 Å². The van der Waals surface area contributed by atoms with Crippen molar-refractivity contribution < 1.29 is 61.5 Å². The second-order valence-corrected chi connectivity index (χ2v) is 21.6. The van der Waals surface area contributed by atoms with E-state index >= 15 is 0 Å². The highest BCUT2D eigenvalue weighted by Gasteiger charge is 2.26. The van der Waals surface area contributed by atoms with Crippen LogP contribution in [0.4, 0.5) is 26.7 Å². The molecule has 0 radical (unpaired) electrons. The van der Waals surface area contributed by atoms with Crippen LogP contribution in [0.3, 0.4) is 0 Å². The monoisotopic (exact) mass is 966 g/mol. The van der Waals surface area contributed by atoms with Crippen molar-refractivity contribution in [2.75, 3.05) is 70.9 Å². The number of aryl methyl sites for hydroxylation is 1. The number of anilines is 3. The first-order chi connectivity index (χ1) is 29.9. The van der Waals surface area contributed by atoms with Gasteiger partial charge in [0.25, 0.3) is 40.5 Å². The van der Waals surface area contributed by atoms with E-state index in [1.807, 2.05) is 43.3 Å². The fourth-order valence-electron chi connectivity index (χ4n) is 6.71. The van der Waals surface area contributed by atoms with Gasteiger partial charge in [-0.15, -0.1) is 0 Å². The average Bonchev–Trinajstić information content (AvgIpc) is 3.20. The zero-order valence-corrected chi connectivity index (χ0v) is 38.7. The number of carbonyl (C=O) groups excluding carboxylic acids is 2. The quantitative estimate of drug-likeness (QED) is 0.0662. The van der Waals surface area contributed by atoms with Crippen LogP contribution in [0, 0.1) is 6.92 Å². The summed E-state index contributed by atoms with van der Waals surface area (Å²) in [6, 6.07) is 27.6. The molecule has 4 N–H and O–H groups in total. The van der Waals surface area contributed by atoms with Crippen LogP contribution < -0.4 is 14.7 Å². The molecule has 0 aliphatic rings. The van der Waals surface area contributed by atoms with Crippen LogP contribution in [0.1, 0.15) is 53.5 Å². The Morgan fingerprint density at radius 1 is 0.406 bits per heavy atom. The maximum absolute atomic E-state index is 14.4. The maximum Gasteiger partial charge on any atom is 0.328 e. The molecule has 22 heteroatoms. The molecule has 0 aliphatic heterocycles. The van der Waals surface area contributed by atoms with Gasteiger partial charge in [0.05, 0.1) is 23.0 Å². The predicted molar refractivity (Wildman–Crippen MR) is 246 cm³/mol. The van der Waals surface area contributed by atoms with Crippen LogP contribution in [0.15, 0.2) is 97.1 Å². The van der Waals surface area contributed by atoms with E-state index in [1.165, 1.54) is 26.6 Å².